The average molecular weight is 462 g/mol. The van der Waals surface area contributed by atoms with Crippen molar-refractivity contribution < 1.29 is 22.8 Å². The normalized spacial score (nSPS) is 12.5. The largest absolute Gasteiger partial charge is 0.417 e. The van der Waals surface area contributed by atoms with Gasteiger partial charge in [-0.2, -0.15) is 13.2 Å². The van der Waals surface area contributed by atoms with Crippen molar-refractivity contribution in [1.29, 1.82) is 0 Å². The first-order valence-corrected chi connectivity index (χ1v) is 9.61. The van der Waals surface area contributed by atoms with Gasteiger partial charge >= 0.3 is 6.18 Å². The molecule has 10 heteroatoms. The number of alkyl halides is 3. The maximum Gasteiger partial charge on any atom is 0.417 e. The van der Waals surface area contributed by atoms with Crippen molar-refractivity contribution in [3.05, 3.63) is 63.6 Å². The van der Waals surface area contributed by atoms with Gasteiger partial charge in [0, 0.05) is 10.7 Å². The third-order valence-corrected chi connectivity index (χ3v) is 4.67. The van der Waals surface area contributed by atoms with Gasteiger partial charge in [-0.15, -0.1) is 0 Å². The fraction of sp³-hybridized carbons (Fsp3) is 0.300. The van der Waals surface area contributed by atoms with Gasteiger partial charge in [0.15, 0.2) is 0 Å². The van der Waals surface area contributed by atoms with E-state index in [2.05, 4.69) is 10.6 Å². The van der Waals surface area contributed by atoms with Crippen LogP contribution in [0.4, 0.5) is 18.9 Å². The third-order valence-electron chi connectivity index (χ3n) is 4.11. The van der Waals surface area contributed by atoms with Crippen LogP contribution in [0.25, 0.3) is 0 Å². The number of carbonyl (C=O) groups is 2. The summed E-state index contributed by atoms with van der Waals surface area (Å²) in [5.74, 6) is -0.882. The Labute approximate surface area is 182 Å². The molecule has 0 bridgehead atoms. The molecule has 2 rings (SSSR count). The molecule has 2 amide bonds. The lowest BCUT2D eigenvalue weighted by Crippen LogP contribution is -2.39. The minimum absolute atomic E-state index is 0.0378. The van der Waals surface area contributed by atoms with Crippen molar-refractivity contribution in [3.8, 4) is 0 Å². The summed E-state index contributed by atoms with van der Waals surface area (Å²) in [5, 5.41) is 5.27. The van der Waals surface area contributed by atoms with Gasteiger partial charge in [-0.05, 0) is 49.9 Å². The average Bonchev–Trinajstić information content (AvgIpc) is 2.61. The van der Waals surface area contributed by atoms with Gasteiger partial charge in [-0.25, -0.2) is 0 Å². The molecule has 0 saturated heterocycles. The highest BCUT2D eigenvalue weighted by Crippen LogP contribution is 2.36. The molecule has 0 aromatic heterocycles. The Balaban J connectivity index is 1.88. The van der Waals surface area contributed by atoms with E-state index in [0.717, 1.165) is 17.7 Å². The Kier molecular flexibility index (Phi) is 8.11. The predicted octanol–water partition coefficient (Wildman–Crippen LogP) is 4.76. The van der Waals surface area contributed by atoms with Gasteiger partial charge in [0.05, 0.1) is 29.7 Å². The molecule has 0 fully saturated rings. The summed E-state index contributed by atoms with van der Waals surface area (Å²) in [5.41, 5.74) is -0.242. The number of likely N-dealkylation sites (N-methyl/N-ethyl adjacent to an activating group) is 1. The van der Waals surface area contributed by atoms with E-state index in [1.165, 1.54) is 11.0 Å². The molecular formula is C20H20Cl2F3N3O2. The fourth-order valence-electron chi connectivity index (χ4n) is 2.71. The lowest BCUT2D eigenvalue weighted by atomic mass is 10.1. The summed E-state index contributed by atoms with van der Waals surface area (Å²) < 4.78 is 38.7. The molecule has 2 aromatic rings. The van der Waals surface area contributed by atoms with Gasteiger partial charge in [0.1, 0.15) is 0 Å². The van der Waals surface area contributed by atoms with E-state index in [0.29, 0.717) is 5.02 Å². The van der Waals surface area contributed by atoms with Gasteiger partial charge in [-0.3, -0.25) is 14.5 Å². The van der Waals surface area contributed by atoms with Crippen LogP contribution in [0.2, 0.25) is 10.0 Å². The summed E-state index contributed by atoms with van der Waals surface area (Å²) in [6.45, 7) is 1.53. The van der Waals surface area contributed by atoms with E-state index >= 15 is 0 Å². The lowest BCUT2D eigenvalue weighted by Gasteiger charge is -2.19. The first kappa shape index (κ1) is 24.0. The van der Waals surface area contributed by atoms with E-state index in [1.807, 2.05) is 6.07 Å². The van der Waals surface area contributed by atoms with Crippen LogP contribution in [0.5, 0.6) is 0 Å². The number of benzene rings is 2. The van der Waals surface area contributed by atoms with E-state index in [1.54, 1.807) is 32.2 Å². The highest BCUT2D eigenvalue weighted by atomic mass is 35.5. The molecule has 0 heterocycles. The molecule has 30 heavy (non-hydrogen) atoms. The number of amides is 2. The predicted molar refractivity (Wildman–Crippen MR) is 111 cm³/mol. The Bertz CT molecular complexity index is 922. The summed E-state index contributed by atoms with van der Waals surface area (Å²) in [6.07, 6.45) is -4.63. The highest BCUT2D eigenvalue weighted by molar-refractivity contribution is 6.31. The van der Waals surface area contributed by atoms with Gasteiger partial charge < -0.3 is 10.6 Å². The molecule has 0 aliphatic carbocycles. The number of anilines is 1. The first-order chi connectivity index (χ1) is 14.0. The molecule has 0 saturated carbocycles. The SMILES string of the molecule is C[C@H](NC(=O)CN(C)CC(=O)Nc1ccc(Cl)c(C(F)(F)F)c1)c1cccc(Cl)c1. The van der Waals surface area contributed by atoms with Crippen molar-refractivity contribution in [3.63, 3.8) is 0 Å². The Morgan fingerprint density at radius 2 is 1.73 bits per heavy atom. The van der Waals surface area contributed by atoms with E-state index in [-0.39, 0.29) is 30.7 Å². The van der Waals surface area contributed by atoms with E-state index in [4.69, 9.17) is 23.2 Å². The van der Waals surface area contributed by atoms with Gasteiger partial charge in [-0.1, -0.05) is 35.3 Å². The molecule has 0 radical (unpaired) electrons. The number of rotatable bonds is 7. The Morgan fingerprint density at radius 3 is 2.37 bits per heavy atom. The molecule has 0 unspecified atom stereocenters. The van der Waals surface area contributed by atoms with Crippen LogP contribution in [0.1, 0.15) is 24.1 Å². The second kappa shape index (κ2) is 10.1. The Morgan fingerprint density at radius 1 is 1.07 bits per heavy atom. The number of halogens is 5. The molecule has 0 aliphatic heterocycles. The van der Waals surface area contributed by atoms with Crippen molar-refractivity contribution in [2.45, 2.75) is 19.1 Å². The lowest BCUT2D eigenvalue weighted by molar-refractivity contribution is -0.137. The number of nitrogens with zero attached hydrogens (tertiary/aromatic N) is 1. The van der Waals surface area contributed by atoms with Crippen molar-refractivity contribution in [2.24, 2.45) is 0 Å². The van der Waals surface area contributed by atoms with Gasteiger partial charge in [0.25, 0.3) is 0 Å². The zero-order valence-electron chi connectivity index (χ0n) is 16.2. The number of hydrogen-bond donors (Lipinski definition) is 2. The summed E-state index contributed by atoms with van der Waals surface area (Å²) in [6, 6.07) is 9.89. The minimum Gasteiger partial charge on any atom is -0.348 e. The third kappa shape index (κ3) is 7.19. The maximum absolute atomic E-state index is 12.9. The monoisotopic (exact) mass is 461 g/mol. The molecular weight excluding hydrogens is 442 g/mol. The zero-order valence-corrected chi connectivity index (χ0v) is 17.7. The van der Waals surface area contributed by atoms with Crippen LogP contribution in [0.15, 0.2) is 42.5 Å². The van der Waals surface area contributed by atoms with Crippen LogP contribution < -0.4 is 10.6 Å². The highest BCUT2D eigenvalue weighted by Gasteiger charge is 2.33. The Hall–Kier alpha value is -2.29. The maximum atomic E-state index is 12.9. The minimum atomic E-state index is -4.63. The van der Waals surface area contributed by atoms with Crippen LogP contribution in [-0.4, -0.2) is 36.9 Å². The van der Waals surface area contributed by atoms with Crippen molar-refractivity contribution in [2.75, 3.05) is 25.5 Å². The quantitative estimate of drug-likeness (QED) is 0.624. The van der Waals surface area contributed by atoms with Crippen molar-refractivity contribution in [1.82, 2.24) is 10.2 Å². The summed E-state index contributed by atoms with van der Waals surface area (Å²) in [4.78, 5) is 25.8. The van der Waals surface area contributed by atoms with Crippen LogP contribution in [-0.2, 0) is 15.8 Å². The molecule has 0 aliphatic rings. The standard InChI is InChI=1S/C20H20Cl2F3N3O2/c1-12(13-4-3-5-14(21)8-13)26-18(29)10-28(2)11-19(30)27-15-6-7-17(22)16(9-15)20(23,24)25/h3-9,12H,10-11H2,1-2H3,(H,26,29)(H,27,30)/t12-/m0/s1. The van der Waals surface area contributed by atoms with Crippen LogP contribution >= 0.6 is 23.2 Å². The second-order valence-electron chi connectivity index (χ2n) is 6.76. The number of hydrogen-bond acceptors (Lipinski definition) is 3. The molecule has 1 atom stereocenters. The number of nitrogens with one attached hydrogen (secondary N) is 2. The molecule has 2 N–H and O–H groups in total. The zero-order chi connectivity index (χ0) is 22.5. The molecule has 0 spiro atoms. The summed E-state index contributed by atoms with van der Waals surface area (Å²) >= 11 is 11.5. The first-order valence-electron chi connectivity index (χ1n) is 8.85. The molecule has 5 nitrogen and oxygen atoms in total. The van der Waals surface area contributed by atoms with E-state index < -0.39 is 22.7 Å². The molecule has 2 aromatic carbocycles. The molecule has 162 valence electrons. The summed E-state index contributed by atoms with van der Waals surface area (Å²) in [7, 11) is 1.55. The fourth-order valence-corrected chi connectivity index (χ4v) is 3.14. The van der Waals surface area contributed by atoms with Crippen LogP contribution in [0, 0.1) is 0 Å². The second-order valence-corrected chi connectivity index (χ2v) is 7.60. The number of carbonyl (C=O) groups excluding carboxylic acids is 2. The van der Waals surface area contributed by atoms with Crippen LogP contribution in [0.3, 0.4) is 0 Å². The van der Waals surface area contributed by atoms with Gasteiger partial charge in [0.2, 0.25) is 11.8 Å². The van der Waals surface area contributed by atoms with E-state index in [9.17, 15) is 22.8 Å². The topological polar surface area (TPSA) is 61.4 Å². The van der Waals surface area contributed by atoms with Crippen molar-refractivity contribution >= 4 is 40.7 Å². The smallest absolute Gasteiger partial charge is 0.348 e.